The molecule has 4 N–H and O–H groups in total. The van der Waals surface area contributed by atoms with Gasteiger partial charge in [-0.2, -0.15) is 9.61 Å². The molecule has 3 aromatic rings. The number of fused-ring (bicyclic) bond motifs is 2. The van der Waals surface area contributed by atoms with E-state index in [1.54, 1.807) is 17.8 Å². The molecule has 1 aliphatic heterocycles. The van der Waals surface area contributed by atoms with Crippen molar-refractivity contribution in [2.45, 2.75) is 25.8 Å². The summed E-state index contributed by atoms with van der Waals surface area (Å²) in [5, 5.41) is 16.5. The van der Waals surface area contributed by atoms with Crippen molar-refractivity contribution in [3.8, 4) is 11.5 Å². The molecule has 0 saturated heterocycles. The lowest BCUT2D eigenvalue weighted by atomic mass is 10.1. The quantitative estimate of drug-likeness (QED) is 0.512. The van der Waals surface area contributed by atoms with E-state index < -0.39 is 0 Å². The van der Waals surface area contributed by atoms with Crippen LogP contribution >= 0.6 is 0 Å². The van der Waals surface area contributed by atoms with E-state index in [1.165, 1.54) is 0 Å². The van der Waals surface area contributed by atoms with Gasteiger partial charge in [-0.25, -0.2) is 9.78 Å². The average Bonchev–Trinajstić information content (AvgIpc) is 3.46. The Balaban J connectivity index is 1.49. The maximum Gasteiger partial charge on any atom is 0.319 e. The molecule has 1 aliphatic carbocycles. The van der Waals surface area contributed by atoms with E-state index in [0.29, 0.717) is 41.9 Å². The van der Waals surface area contributed by atoms with Crippen LogP contribution in [0.15, 0.2) is 24.4 Å². The van der Waals surface area contributed by atoms with Crippen LogP contribution in [0.5, 0.6) is 11.5 Å². The number of nitrogens with one attached hydrogen (secondary N) is 4. The van der Waals surface area contributed by atoms with Gasteiger partial charge in [0.05, 0.1) is 11.9 Å². The molecule has 2 aromatic heterocycles. The molecule has 10 nitrogen and oxygen atoms in total. The fourth-order valence-corrected chi connectivity index (χ4v) is 3.39. The van der Waals surface area contributed by atoms with Crippen LogP contribution in [-0.2, 0) is 0 Å². The van der Waals surface area contributed by atoms with Gasteiger partial charge in [0, 0.05) is 19.2 Å². The van der Waals surface area contributed by atoms with E-state index >= 15 is 0 Å². The molecule has 156 valence electrons. The minimum atomic E-state index is -0.253. The maximum atomic E-state index is 12.2. The Hall–Kier alpha value is -3.69. The van der Waals surface area contributed by atoms with Gasteiger partial charge >= 0.3 is 6.03 Å². The van der Waals surface area contributed by atoms with Gasteiger partial charge in [0.1, 0.15) is 30.5 Å². The van der Waals surface area contributed by atoms with Crippen molar-refractivity contribution in [3.05, 3.63) is 30.0 Å². The Morgan fingerprint density at radius 2 is 2.00 bits per heavy atom. The molecule has 0 spiro atoms. The summed E-state index contributed by atoms with van der Waals surface area (Å²) in [5.74, 6) is 2.68. The second-order valence-corrected chi connectivity index (χ2v) is 7.40. The monoisotopic (exact) mass is 409 g/mol. The molecule has 0 atom stereocenters. The van der Waals surface area contributed by atoms with Crippen molar-refractivity contribution in [2.24, 2.45) is 0 Å². The predicted molar refractivity (Wildman–Crippen MR) is 113 cm³/mol. The first-order chi connectivity index (χ1) is 14.6. The lowest BCUT2D eigenvalue weighted by Crippen LogP contribution is -2.30. The second-order valence-electron chi connectivity index (χ2n) is 7.40. The van der Waals surface area contributed by atoms with Gasteiger partial charge < -0.3 is 30.7 Å². The first kappa shape index (κ1) is 18.3. The molecule has 2 aliphatic rings. The Morgan fingerprint density at radius 3 is 2.80 bits per heavy atom. The molecule has 0 bridgehead atoms. The minimum absolute atomic E-state index is 0.253. The normalized spacial score (nSPS) is 15.0. The summed E-state index contributed by atoms with van der Waals surface area (Å²) in [6.45, 7) is 3.01. The number of hydrogen-bond acceptors (Lipinski definition) is 7. The zero-order valence-corrected chi connectivity index (χ0v) is 16.8. The van der Waals surface area contributed by atoms with Crippen molar-refractivity contribution >= 4 is 34.7 Å². The number of benzene rings is 1. The van der Waals surface area contributed by atoms with E-state index in [0.717, 1.165) is 29.9 Å². The molecule has 1 saturated carbocycles. The SMILES string of the molecule is CNc1cc(Nc2cc(C)cc3c2OCCO3)nc2c(NC(=O)NC3CC3)cnn12. The van der Waals surface area contributed by atoms with Crippen molar-refractivity contribution in [3.63, 3.8) is 0 Å². The number of aromatic nitrogens is 3. The van der Waals surface area contributed by atoms with Crippen LogP contribution in [0.25, 0.3) is 5.65 Å². The van der Waals surface area contributed by atoms with Crippen LogP contribution in [0.4, 0.5) is 27.8 Å². The summed E-state index contributed by atoms with van der Waals surface area (Å²) in [6.07, 6.45) is 3.63. The van der Waals surface area contributed by atoms with Crippen molar-refractivity contribution in [1.29, 1.82) is 0 Å². The number of anilines is 4. The summed E-state index contributed by atoms with van der Waals surface area (Å²) in [6, 6.07) is 5.78. The number of aryl methyl sites for hydroxylation is 1. The number of rotatable bonds is 5. The molecule has 5 rings (SSSR count). The number of amides is 2. The summed E-state index contributed by atoms with van der Waals surface area (Å²) in [4.78, 5) is 16.9. The highest BCUT2D eigenvalue weighted by atomic mass is 16.6. The highest BCUT2D eigenvalue weighted by Crippen LogP contribution is 2.40. The summed E-state index contributed by atoms with van der Waals surface area (Å²) in [7, 11) is 1.80. The fourth-order valence-electron chi connectivity index (χ4n) is 3.39. The molecule has 0 radical (unpaired) electrons. The first-order valence-electron chi connectivity index (χ1n) is 9.92. The fraction of sp³-hybridized carbons (Fsp3) is 0.350. The molecule has 10 heteroatoms. The number of hydrogen-bond donors (Lipinski definition) is 4. The molecule has 1 aromatic carbocycles. The van der Waals surface area contributed by atoms with Gasteiger partial charge in [0.15, 0.2) is 17.1 Å². The molecule has 30 heavy (non-hydrogen) atoms. The van der Waals surface area contributed by atoms with Crippen LogP contribution in [0.1, 0.15) is 18.4 Å². The number of nitrogens with zero attached hydrogens (tertiary/aromatic N) is 3. The van der Waals surface area contributed by atoms with Gasteiger partial charge in [-0.1, -0.05) is 0 Å². The lowest BCUT2D eigenvalue weighted by molar-refractivity contribution is 0.172. The Morgan fingerprint density at radius 1 is 1.17 bits per heavy atom. The maximum absolute atomic E-state index is 12.2. The minimum Gasteiger partial charge on any atom is -0.486 e. The highest BCUT2D eigenvalue weighted by Gasteiger charge is 2.24. The molecular formula is C20H23N7O3. The van der Waals surface area contributed by atoms with Crippen molar-refractivity contribution in [2.75, 3.05) is 36.2 Å². The van der Waals surface area contributed by atoms with Crippen LogP contribution in [0.3, 0.4) is 0 Å². The molecule has 0 unspecified atom stereocenters. The van der Waals surface area contributed by atoms with Gasteiger partial charge in [-0.15, -0.1) is 0 Å². The number of carbonyl (C=O) groups excluding carboxylic acids is 1. The van der Waals surface area contributed by atoms with Gasteiger partial charge in [0.25, 0.3) is 0 Å². The number of ether oxygens (including phenoxy) is 2. The van der Waals surface area contributed by atoms with Crippen molar-refractivity contribution in [1.82, 2.24) is 19.9 Å². The van der Waals surface area contributed by atoms with Crippen LogP contribution in [0.2, 0.25) is 0 Å². The standard InChI is InChI=1S/C20H23N7O3/c1-11-7-13(18-15(8-11)29-5-6-30-18)24-16-9-17(21-2)27-19(26-16)14(10-22-27)25-20(28)23-12-3-4-12/h7-10,12,21H,3-6H2,1-2H3,(H,24,26)(H2,23,25,28). The Labute approximate surface area is 173 Å². The van der Waals surface area contributed by atoms with E-state index in [4.69, 9.17) is 9.47 Å². The molecule has 3 heterocycles. The Kier molecular flexibility index (Phi) is 4.46. The third-order valence-electron chi connectivity index (χ3n) is 4.94. The van der Waals surface area contributed by atoms with Gasteiger partial charge in [0.2, 0.25) is 0 Å². The van der Waals surface area contributed by atoms with Crippen molar-refractivity contribution < 1.29 is 14.3 Å². The second kappa shape index (κ2) is 7.29. The van der Waals surface area contributed by atoms with E-state index in [-0.39, 0.29) is 12.1 Å². The zero-order chi connectivity index (χ0) is 20.7. The van der Waals surface area contributed by atoms with Gasteiger partial charge in [-0.05, 0) is 37.5 Å². The van der Waals surface area contributed by atoms with Crippen LogP contribution < -0.4 is 30.7 Å². The van der Waals surface area contributed by atoms with Gasteiger partial charge in [-0.3, -0.25) is 0 Å². The third-order valence-corrected chi connectivity index (χ3v) is 4.94. The van der Waals surface area contributed by atoms with E-state index in [9.17, 15) is 4.79 Å². The van der Waals surface area contributed by atoms with Crippen LogP contribution in [0, 0.1) is 6.92 Å². The number of urea groups is 1. The lowest BCUT2D eigenvalue weighted by Gasteiger charge is -2.22. The highest BCUT2D eigenvalue weighted by molar-refractivity contribution is 5.93. The Bertz CT molecular complexity index is 1120. The van der Waals surface area contributed by atoms with E-state index in [2.05, 4.69) is 31.3 Å². The molecular weight excluding hydrogens is 386 g/mol. The predicted octanol–water partition coefficient (Wildman–Crippen LogP) is 2.88. The summed E-state index contributed by atoms with van der Waals surface area (Å²) >= 11 is 0. The first-order valence-corrected chi connectivity index (χ1v) is 9.92. The van der Waals surface area contributed by atoms with E-state index in [1.807, 2.05) is 25.1 Å². The third kappa shape index (κ3) is 3.51. The summed E-state index contributed by atoms with van der Waals surface area (Å²) < 4.78 is 13.2. The van der Waals surface area contributed by atoms with Crippen LogP contribution in [-0.4, -0.2) is 46.9 Å². The zero-order valence-electron chi connectivity index (χ0n) is 16.8. The molecule has 1 fully saturated rings. The molecule has 2 amide bonds. The average molecular weight is 409 g/mol. The summed E-state index contributed by atoms with van der Waals surface area (Å²) in [5.41, 5.74) is 2.86. The number of carbonyl (C=O) groups is 1. The smallest absolute Gasteiger partial charge is 0.319 e. The largest absolute Gasteiger partial charge is 0.486 e. The topological polar surface area (TPSA) is 114 Å².